The van der Waals surface area contributed by atoms with Gasteiger partial charge in [-0.25, -0.2) is 0 Å². The third-order valence-corrected chi connectivity index (χ3v) is 3.91. The summed E-state index contributed by atoms with van der Waals surface area (Å²) in [6, 6.07) is 0. The summed E-state index contributed by atoms with van der Waals surface area (Å²) in [4.78, 5) is 0. The summed E-state index contributed by atoms with van der Waals surface area (Å²) in [6.45, 7) is 4.26. The van der Waals surface area contributed by atoms with Crippen LogP contribution in [0.25, 0.3) is 0 Å². The monoisotopic (exact) mass is 328 g/mol. The number of halogens is 1. The fourth-order valence-corrected chi connectivity index (χ4v) is 2.07. The van der Waals surface area contributed by atoms with Crippen molar-refractivity contribution in [2.24, 2.45) is 0 Å². The van der Waals surface area contributed by atoms with Crippen LogP contribution in [0, 0.1) is 0 Å². The molecule has 1 rings (SSSR count). The smallest absolute Gasteiger partial charge is 0.218 e. The lowest BCUT2D eigenvalue weighted by Gasteiger charge is -2.18. The van der Waals surface area contributed by atoms with Crippen molar-refractivity contribution >= 4 is 22.6 Å². The van der Waals surface area contributed by atoms with Crippen molar-refractivity contribution in [2.75, 3.05) is 7.11 Å². The summed E-state index contributed by atoms with van der Waals surface area (Å²) in [5, 5.41) is 9.57. The number of hydrogen-bond acceptors (Lipinski definition) is 3. The zero-order valence-electron chi connectivity index (χ0n) is 9.75. The highest BCUT2D eigenvalue weighted by Crippen LogP contribution is 2.38. The SMILES string of the molecule is COC(O)(I)CCCCCC1OC1(C)C. The molecule has 0 aliphatic carbocycles. The van der Waals surface area contributed by atoms with Crippen LogP contribution in [-0.4, -0.2) is 27.7 Å². The molecule has 1 fully saturated rings. The van der Waals surface area contributed by atoms with Crippen LogP contribution in [0.5, 0.6) is 0 Å². The lowest BCUT2D eigenvalue weighted by Crippen LogP contribution is -2.21. The van der Waals surface area contributed by atoms with E-state index in [1.807, 2.05) is 22.6 Å². The van der Waals surface area contributed by atoms with E-state index in [4.69, 9.17) is 9.47 Å². The Morgan fingerprint density at radius 3 is 2.47 bits per heavy atom. The topological polar surface area (TPSA) is 42.0 Å². The minimum atomic E-state index is -0.979. The van der Waals surface area contributed by atoms with E-state index in [-0.39, 0.29) is 5.60 Å². The van der Waals surface area contributed by atoms with Crippen molar-refractivity contribution in [1.82, 2.24) is 0 Å². The number of rotatable bonds is 7. The van der Waals surface area contributed by atoms with Gasteiger partial charge in [-0.3, -0.25) is 0 Å². The Balaban J connectivity index is 1.94. The Hall–Kier alpha value is 0.610. The van der Waals surface area contributed by atoms with E-state index in [2.05, 4.69) is 13.8 Å². The minimum Gasteiger partial charge on any atom is -0.367 e. The van der Waals surface area contributed by atoms with Crippen molar-refractivity contribution in [2.45, 2.75) is 61.5 Å². The predicted molar refractivity (Wildman–Crippen MR) is 68.0 cm³/mol. The molecule has 1 saturated heterocycles. The van der Waals surface area contributed by atoms with Crippen molar-refractivity contribution < 1.29 is 14.6 Å². The molecule has 0 bridgehead atoms. The highest BCUT2D eigenvalue weighted by molar-refractivity contribution is 14.1. The number of epoxide rings is 1. The summed E-state index contributed by atoms with van der Waals surface area (Å²) in [6.07, 6.45) is 5.59. The molecule has 0 aromatic heterocycles. The minimum absolute atomic E-state index is 0.122. The second-order valence-corrected chi connectivity index (χ2v) is 6.39. The molecule has 0 aromatic rings. The van der Waals surface area contributed by atoms with Crippen LogP contribution >= 0.6 is 22.6 Å². The number of unbranched alkanes of at least 4 members (excludes halogenated alkanes) is 2. The molecular weight excluding hydrogens is 307 g/mol. The fraction of sp³-hybridized carbons (Fsp3) is 1.00. The molecule has 2 atom stereocenters. The first-order valence-electron chi connectivity index (χ1n) is 5.52. The third-order valence-electron chi connectivity index (χ3n) is 2.93. The van der Waals surface area contributed by atoms with Crippen LogP contribution in [0.2, 0.25) is 0 Å². The summed E-state index contributed by atoms with van der Waals surface area (Å²) in [7, 11) is 1.53. The molecular formula is C11H21IO3. The molecule has 0 radical (unpaired) electrons. The van der Waals surface area contributed by atoms with Crippen LogP contribution in [0.3, 0.4) is 0 Å². The van der Waals surface area contributed by atoms with Gasteiger partial charge in [-0.15, -0.1) is 0 Å². The quantitative estimate of drug-likeness (QED) is 0.257. The maximum atomic E-state index is 9.57. The first kappa shape index (κ1) is 13.7. The van der Waals surface area contributed by atoms with Crippen LogP contribution in [0.1, 0.15) is 46.0 Å². The van der Waals surface area contributed by atoms with Gasteiger partial charge in [-0.2, -0.15) is 0 Å². The second kappa shape index (κ2) is 5.29. The molecule has 0 aromatic carbocycles. The largest absolute Gasteiger partial charge is 0.367 e. The zero-order valence-corrected chi connectivity index (χ0v) is 11.9. The number of hydrogen-bond donors (Lipinski definition) is 1. The summed E-state index contributed by atoms with van der Waals surface area (Å²) in [5.74, 6) is 0. The Kier molecular flexibility index (Phi) is 4.83. The molecule has 0 spiro atoms. The van der Waals surface area contributed by atoms with Crippen LogP contribution < -0.4 is 0 Å². The molecule has 1 heterocycles. The van der Waals surface area contributed by atoms with Gasteiger partial charge in [0.2, 0.25) is 3.79 Å². The lowest BCUT2D eigenvalue weighted by molar-refractivity contribution is -0.0963. The van der Waals surface area contributed by atoms with Gasteiger partial charge < -0.3 is 14.6 Å². The average Bonchev–Trinajstić information content (AvgIpc) is 2.73. The number of alkyl halides is 1. The summed E-state index contributed by atoms with van der Waals surface area (Å²) in [5.41, 5.74) is 0.122. The van der Waals surface area contributed by atoms with E-state index in [0.717, 1.165) is 19.3 Å². The van der Waals surface area contributed by atoms with E-state index >= 15 is 0 Å². The predicted octanol–water partition coefficient (Wildman–Crippen LogP) is 2.84. The van der Waals surface area contributed by atoms with Crippen molar-refractivity contribution in [1.29, 1.82) is 0 Å². The molecule has 4 heteroatoms. The molecule has 3 nitrogen and oxygen atoms in total. The van der Waals surface area contributed by atoms with Crippen molar-refractivity contribution in [3.63, 3.8) is 0 Å². The highest BCUT2D eigenvalue weighted by Gasteiger charge is 2.46. The number of methoxy groups -OCH3 is 1. The molecule has 90 valence electrons. The summed E-state index contributed by atoms with van der Waals surface area (Å²) >= 11 is 1.93. The lowest BCUT2D eigenvalue weighted by atomic mass is 10.0. The average molecular weight is 328 g/mol. The van der Waals surface area contributed by atoms with Gasteiger partial charge in [-0.1, -0.05) is 12.8 Å². The van der Waals surface area contributed by atoms with Gasteiger partial charge in [0.05, 0.1) is 11.7 Å². The van der Waals surface area contributed by atoms with Gasteiger partial charge in [0, 0.05) is 13.5 Å². The van der Waals surface area contributed by atoms with Gasteiger partial charge >= 0.3 is 0 Å². The maximum absolute atomic E-state index is 9.57. The van der Waals surface area contributed by atoms with E-state index in [1.54, 1.807) is 0 Å². The number of ether oxygens (including phenoxy) is 2. The van der Waals surface area contributed by atoms with E-state index < -0.39 is 3.79 Å². The molecule has 1 aliphatic rings. The van der Waals surface area contributed by atoms with Gasteiger partial charge in [0.25, 0.3) is 0 Å². The Morgan fingerprint density at radius 2 is 2.00 bits per heavy atom. The Labute approximate surface area is 106 Å². The van der Waals surface area contributed by atoms with Crippen LogP contribution in [0.15, 0.2) is 0 Å². The van der Waals surface area contributed by atoms with Gasteiger partial charge in [0.1, 0.15) is 0 Å². The molecule has 1 aliphatic heterocycles. The number of aliphatic hydroxyl groups is 1. The van der Waals surface area contributed by atoms with E-state index in [9.17, 15) is 5.11 Å². The van der Waals surface area contributed by atoms with Crippen LogP contribution in [-0.2, 0) is 9.47 Å². The third kappa shape index (κ3) is 4.97. The summed E-state index contributed by atoms with van der Waals surface area (Å²) < 4.78 is 9.45. The van der Waals surface area contributed by atoms with Crippen molar-refractivity contribution in [3.05, 3.63) is 0 Å². The molecule has 15 heavy (non-hydrogen) atoms. The molecule has 1 N–H and O–H groups in total. The molecule has 0 saturated carbocycles. The first-order chi connectivity index (χ1) is 6.87. The molecule has 0 amide bonds. The van der Waals surface area contributed by atoms with Gasteiger partial charge in [0.15, 0.2) is 0 Å². The fourth-order valence-electron chi connectivity index (χ4n) is 1.69. The Morgan fingerprint density at radius 1 is 1.40 bits per heavy atom. The highest BCUT2D eigenvalue weighted by atomic mass is 127. The van der Waals surface area contributed by atoms with Crippen LogP contribution in [0.4, 0.5) is 0 Å². The zero-order chi connectivity index (χ0) is 11.5. The van der Waals surface area contributed by atoms with E-state index in [0.29, 0.717) is 12.5 Å². The first-order valence-corrected chi connectivity index (χ1v) is 6.59. The maximum Gasteiger partial charge on any atom is 0.218 e. The molecule has 2 unspecified atom stereocenters. The van der Waals surface area contributed by atoms with E-state index in [1.165, 1.54) is 13.5 Å². The normalized spacial score (nSPS) is 27.4. The van der Waals surface area contributed by atoms with Gasteiger partial charge in [-0.05, 0) is 49.3 Å². The van der Waals surface area contributed by atoms with Crippen molar-refractivity contribution in [3.8, 4) is 0 Å². The Bertz CT molecular complexity index is 204. The standard InChI is InChI=1S/C11H21IO3/c1-10(2)9(15-10)7-5-4-6-8-11(12,13)14-3/h9,13H,4-8H2,1-3H3. The second-order valence-electron chi connectivity index (χ2n) is 4.70.